The van der Waals surface area contributed by atoms with Crippen LogP contribution in [0.3, 0.4) is 0 Å². The number of rotatable bonds is 6. The van der Waals surface area contributed by atoms with Crippen LogP contribution in [-0.4, -0.2) is 26.9 Å². The highest BCUT2D eigenvalue weighted by Crippen LogP contribution is 2.34. The number of halogens is 1. The van der Waals surface area contributed by atoms with Crippen molar-refractivity contribution in [3.8, 4) is 5.75 Å². The average Bonchev–Trinajstić information content (AvgIpc) is 3.08. The van der Waals surface area contributed by atoms with Crippen molar-refractivity contribution in [2.24, 2.45) is 0 Å². The maximum atomic E-state index is 12.8. The fourth-order valence-corrected chi connectivity index (χ4v) is 4.10. The standard InChI is InChI=1S/C24H15ClN2O6S/c25-18-9-7-15(8-10-18)14-26-22(28)21(34-24(26)30)12-16-3-1-6-20(11-16)33-23(29)17-4-2-5-19(13-17)27(31)32/h1-13H,14H2/b21-12-. The Labute approximate surface area is 202 Å². The Morgan fingerprint density at radius 1 is 1.06 bits per heavy atom. The van der Waals surface area contributed by atoms with Crippen LogP contribution in [0.1, 0.15) is 21.5 Å². The van der Waals surface area contributed by atoms with Gasteiger partial charge in [0.25, 0.3) is 16.8 Å². The van der Waals surface area contributed by atoms with Gasteiger partial charge >= 0.3 is 5.97 Å². The number of imide groups is 1. The molecule has 2 amide bonds. The van der Waals surface area contributed by atoms with Crippen molar-refractivity contribution < 1.29 is 24.0 Å². The van der Waals surface area contributed by atoms with Crippen LogP contribution in [0.2, 0.25) is 5.02 Å². The molecule has 0 aliphatic carbocycles. The van der Waals surface area contributed by atoms with Gasteiger partial charge in [-0.15, -0.1) is 0 Å². The second-order valence-corrected chi connectivity index (χ2v) is 8.59. The van der Waals surface area contributed by atoms with E-state index in [1.807, 2.05) is 0 Å². The fourth-order valence-electron chi connectivity index (χ4n) is 3.14. The van der Waals surface area contributed by atoms with E-state index in [1.54, 1.807) is 42.5 Å². The second-order valence-electron chi connectivity index (χ2n) is 7.16. The molecule has 1 aliphatic heterocycles. The minimum Gasteiger partial charge on any atom is -0.423 e. The summed E-state index contributed by atoms with van der Waals surface area (Å²) in [6.07, 6.45) is 1.54. The van der Waals surface area contributed by atoms with Crippen molar-refractivity contribution in [3.05, 3.63) is 110 Å². The molecule has 0 bridgehead atoms. The summed E-state index contributed by atoms with van der Waals surface area (Å²) in [7, 11) is 0. The van der Waals surface area contributed by atoms with Crippen molar-refractivity contribution in [1.29, 1.82) is 0 Å². The van der Waals surface area contributed by atoms with Crippen LogP contribution in [0.25, 0.3) is 6.08 Å². The molecule has 1 heterocycles. The number of thioether (sulfide) groups is 1. The zero-order chi connectivity index (χ0) is 24.2. The maximum Gasteiger partial charge on any atom is 0.343 e. The minimum absolute atomic E-state index is 0.0305. The van der Waals surface area contributed by atoms with E-state index in [0.717, 1.165) is 28.3 Å². The first-order chi connectivity index (χ1) is 16.3. The third kappa shape index (κ3) is 5.33. The number of esters is 1. The summed E-state index contributed by atoms with van der Waals surface area (Å²) < 4.78 is 5.33. The van der Waals surface area contributed by atoms with Gasteiger partial charge < -0.3 is 4.74 Å². The molecule has 8 nitrogen and oxygen atoms in total. The molecule has 170 valence electrons. The van der Waals surface area contributed by atoms with Gasteiger partial charge in [0.2, 0.25) is 0 Å². The van der Waals surface area contributed by atoms with E-state index in [9.17, 15) is 24.5 Å². The van der Waals surface area contributed by atoms with Crippen LogP contribution in [0.5, 0.6) is 5.75 Å². The van der Waals surface area contributed by atoms with Crippen molar-refractivity contribution >= 4 is 52.2 Å². The first kappa shape index (κ1) is 23.2. The molecule has 0 atom stereocenters. The molecule has 1 saturated heterocycles. The van der Waals surface area contributed by atoms with E-state index in [2.05, 4.69) is 0 Å². The number of carbonyl (C=O) groups excluding carboxylic acids is 3. The Morgan fingerprint density at radius 2 is 1.79 bits per heavy atom. The van der Waals surface area contributed by atoms with Gasteiger partial charge in [-0.05, 0) is 59.3 Å². The Hall–Kier alpha value is -3.95. The lowest BCUT2D eigenvalue weighted by molar-refractivity contribution is -0.384. The highest BCUT2D eigenvalue weighted by atomic mass is 35.5. The van der Waals surface area contributed by atoms with Crippen LogP contribution in [0, 0.1) is 10.1 Å². The van der Waals surface area contributed by atoms with Crippen molar-refractivity contribution in [3.63, 3.8) is 0 Å². The molecule has 4 rings (SSSR count). The Morgan fingerprint density at radius 3 is 2.53 bits per heavy atom. The zero-order valence-corrected chi connectivity index (χ0v) is 18.9. The largest absolute Gasteiger partial charge is 0.423 e. The van der Waals surface area contributed by atoms with E-state index < -0.39 is 16.8 Å². The second kappa shape index (κ2) is 9.90. The van der Waals surface area contributed by atoms with Crippen LogP contribution in [0.4, 0.5) is 10.5 Å². The number of non-ortho nitro benzene ring substituents is 1. The summed E-state index contributed by atoms with van der Waals surface area (Å²) in [4.78, 5) is 49.3. The number of nitro groups is 1. The maximum absolute atomic E-state index is 12.8. The van der Waals surface area contributed by atoms with Gasteiger partial charge in [0.05, 0.1) is 21.9 Å². The molecule has 0 aromatic heterocycles. The van der Waals surface area contributed by atoms with Crippen LogP contribution < -0.4 is 4.74 Å². The number of hydrogen-bond donors (Lipinski definition) is 0. The lowest BCUT2D eigenvalue weighted by atomic mass is 10.2. The van der Waals surface area contributed by atoms with Gasteiger partial charge in [0.15, 0.2) is 0 Å². The van der Waals surface area contributed by atoms with E-state index in [0.29, 0.717) is 10.6 Å². The normalized spacial score (nSPS) is 14.5. The quantitative estimate of drug-likeness (QED) is 0.142. The van der Waals surface area contributed by atoms with Gasteiger partial charge in [0, 0.05) is 17.2 Å². The number of ether oxygens (including phenoxy) is 1. The molecule has 3 aromatic rings. The number of carbonyl (C=O) groups is 3. The number of nitro benzene ring substituents is 1. The fraction of sp³-hybridized carbons (Fsp3) is 0.0417. The molecule has 0 unspecified atom stereocenters. The predicted molar refractivity (Wildman–Crippen MR) is 127 cm³/mol. The van der Waals surface area contributed by atoms with Gasteiger partial charge in [-0.1, -0.05) is 41.9 Å². The van der Waals surface area contributed by atoms with E-state index in [-0.39, 0.29) is 33.7 Å². The molecule has 0 spiro atoms. The third-order valence-electron chi connectivity index (χ3n) is 4.79. The third-order valence-corrected chi connectivity index (χ3v) is 5.95. The molecule has 1 aliphatic rings. The van der Waals surface area contributed by atoms with Gasteiger partial charge in [-0.3, -0.25) is 24.6 Å². The first-order valence-corrected chi connectivity index (χ1v) is 11.1. The van der Waals surface area contributed by atoms with Crippen molar-refractivity contribution in [1.82, 2.24) is 4.90 Å². The average molecular weight is 495 g/mol. The summed E-state index contributed by atoms with van der Waals surface area (Å²) >= 11 is 6.70. The molecule has 0 N–H and O–H groups in total. The Balaban J connectivity index is 1.48. The lowest BCUT2D eigenvalue weighted by Gasteiger charge is -2.12. The molecule has 0 saturated carbocycles. The predicted octanol–water partition coefficient (Wildman–Crippen LogP) is 5.70. The van der Waals surface area contributed by atoms with Gasteiger partial charge in [-0.2, -0.15) is 0 Å². The number of hydrogen-bond acceptors (Lipinski definition) is 7. The summed E-state index contributed by atoms with van der Waals surface area (Å²) in [6, 6.07) is 18.5. The minimum atomic E-state index is -0.760. The summed E-state index contributed by atoms with van der Waals surface area (Å²) in [6.45, 7) is 0.125. The van der Waals surface area contributed by atoms with Crippen molar-refractivity contribution in [2.45, 2.75) is 6.54 Å². The number of amides is 2. The topological polar surface area (TPSA) is 107 Å². The monoisotopic (exact) mass is 494 g/mol. The first-order valence-electron chi connectivity index (χ1n) is 9.87. The number of benzene rings is 3. The molecular weight excluding hydrogens is 480 g/mol. The van der Waals surface area contributed by atoms with Gasteiger partial charge in [0.1, 0.15) is 5.75 Å². The zero-order valence-electron chi connectivity index (χ0n) is 17.3. The highest BCUT2D eigenvalue weighted by Gasteiger charge is 2.35. The number of nitrogens with zero attached hydrogens (tertiary/aromatic N) is 2. The molecule has 0 radical (unpaired) electrons. The summed E-state index contributed by atoms with van der Waals surface area (Å²) in [5.74, 6) is -1.00. The van der Waals surface area contributed by atoms with Crippen LogP contribution in [0.15, 0.2) is 77.7 Å². The Bertz CT molecular complexity index is 1340. The summed E-state index contributed by atoms with van der Waals surface area (Å²) in [5.41, 5.74) is 1.12. The molecule has 34 heavy (non-hydrogen) atoms. The Kier molecular flexibility index (Phi) is 6.76. The smallest absolute Gasteiger partial charge is 0.343 e. The van der Waals surface area contributed by atoms with Crippen LogP contribution in [-0.2, 0) is 11.3 Å². The van der Waals surface area contributed by atoms with E-state index in [4.69, 9.17) is 16.3 Å². The van der Waals surface area contributed by atoms with E-state index >= 15 is 0 Å². The van der Waals surface area contributed by atoms with Gasteiger partial charge in [-0.25, -0.2) is 4.79 Å². The molecule has 3 aromatic carbocycles. The SMILES string of the molecule is O=C(Oc1cccc(/C=C2\SC(=O)N(Cc3ccc(Cl)cc3)C2=O)c1)c1cccc([N+](=O)[O-])c1. The summed E-state index contributed by atoms with van der Waals surface area (Å²) in [5, 5.41) is 11.1. The molecule has 1 fully saturated rings. The lowest BCUT2D eigenvalue weighted by Crippen LogP contribution is -2.27. The molecular formula is C24H15ClN2O6S. The highest BCUT2D eigenvalue weighted by molar-refractivity contribution is 8.18. The van der Waals surface area contributed by atoms with Crippen LogP contribution >= 0.6 is 23.4 Å². The van der Waals surface area contributed by atoms with E-state index in [1.165, 1.54) is 30.3 Å². The van der Waals surface area contributed by atoms with Crippen molar-refractivity contribution in [2.75, 3.05) is 0 Å². The molecule has 10 heteroatoms.